The molecule has 1 amide bonds. The molecule has 2 aromatic carbocycles. The van der Waals surface area contributed by atoms with Crippen LogP contribution in [0, 0.1) is 0 Å². The van der Waals surface area contributed by atoms with Gasteiger partial charge in [0.2, 0.25) is 0 Å². The van der Waals surface area contributed by atoms with Crippen molar-refractivity contribution in [1.82, 2.24) is 4.57 Å². The summed E-state index contributed by atoms with van der Waals surface area (Å²) in [6, 6.07) is 12.4. The van der Waals surface area contributed by atoms with Gasteiger partial charge in [0.25, 0.3) is 5.91 Å². The van der Waals surface area contributed by atoms with Gasteiger partial charge in [-0.2, -0.15) is 4.99 Å². The fraction of sp³-hybridized carbons (Fsp3) is 0.375. The Balaban J connectivity index is 1.97. The van der Waals surface area contributed by atoms with Crippen molar-refractivity contribution in [3.63, 3.8) is 0 Å². The third kappa shape index (κ3) is 5.83. The van der Waals surface area contributed by atoms with Crippen LogP contribution in [0.1, 0.15) is 47.4 Å². The first-order chi connectivity index (χ1) is 15.6. The summed E-state index contributed by atoms with van der Waals surface area (Å²) in [6.07, 6.45) is 2.00. The number of unbranched alkanes of at least 4 members (excludes halogenated alkanes) is 1. The lowest BCUT2D eigenvalue weighted by molar-refractivity contribution is 0.0600. The molecule has 7 nitrogen and oxygen atoms in total. The average molecular weight is 457 g/mol. The number of nitrogens with zero attached hydrogens (tertiary/aromatic N) is 2. The zero-order valence-electron chi connectivity index (χ0n) is 18.6. The van der Waals surface area contributed by atoms with E-state index in [0.29, 0.717) is 48.0 Å². The summed E-state index contributed by atoms with van der Waals surface area (Å²) in [5.74, 6) is -0.103. The summed E-state index contributed by atoms with van der Waals surface area (Å²) < 4.78 is 18.8. The minimum atomic E-state index is -0.407. The van der Waals surface area contributed by atoms with Crippen LogP contribution in [-0.4, -0.2) is 43.4 Å². The Morgan fingerprint density at radius 3 is 2.66 bits per heavy atom. The monoisotopic (exact) mass is 456 g/mol. The van der Waals surface area contributed by atoms with E-state index in [1.54, 1.807) is 30.3 Å². The van der Waals surface area contributed by atoms with E-state index in [4.69, 9.17) is 14.2 Å². The van der Waals surface area contributed by atoms with E-state index >= 15 is 0 Å². The van der Waals surface area contributed by atoms with Crippen molar-refractivity contribution < 1.29 is 23.8 Å². The number of hydrogen-bond acceptors (Lipinski definition) is 6. The Bertz CT molecular complexity index is 1150. The Morgan fingerprint density at radius 2 is 1.91 bits per heavy atom. The smallest absolute Gasteiger partial charge is 0.337 e. The van der Waals surface area contributed by atoms with Crippen LogP contribution in [-0.2, 0) is 16.0 Å². The molecular formula is C24H28N2O5S. The van der Waals surface area contributed by atoms with Gasteiger partial charge in [0.15, 0.2) is 4.80 Å². The number of fused-ring (bicyclic) bond motifs is 1. The highest BCUT2D eigenvalue weighted by atomic mass is 32.1. The van der Waals surface area contributed by atoms with Gasteiger partial charge in [-0.05, 0) is 49.7 Å². The maximum absolute atomic E-state index is 12.9. The van der Waals surface area contributed by atoms with Gasteiger partial charge in [-0.25, -0.2) is 4.79 Å². The van der Waals surface area contributed by atoms with Crippen LogP contribution in [0.5, 0.6) is 5.75 Å². The Labute approximate surface area is 191 Å². The van der Waals surface area contributed by atoms with E-state index < -0.39 is 5.97 Å². The van der Waals surface area contributed by atoms with Gasteiger partial charge in [0.05, 0.1) is 36.1 Å². The summed E-state index contributed by atoms with van der Waals surface area (Å²) >= 11 is 1.35. The van der Waals surface area contributed by atoms with Crippen LogP contribution in [0.25, 0.3) is 10.2 Å². The standard InChI is InChI=1S/C24H28N2O5S/c1-4-6-13-31-19-9-7-8-17(15-19)22(27)25-24-26(12-14-30-5-2)20-11-10-18(23(28)29-3)16-21(20)32-24/h7-11,15-16H,4-6,12-14H2,1-3H3. The Kier molecular flexibility index (Phi) is 8.58. The zero-order chi connectivity index (χ0) is 22.9. The molecular weight excluding hydrogens is 428 g/mol. The van der Waals surface area contributed by atoms with Crippen molar-refractivity contribution >= 4 is 33.4 Å². The highest BCUT2D eigenvalue weighted by Crippen LogP contribution is 2.20. The van der Waals surface area contributed by atoms with Gasteiger partial charge >= 0.3 is 5.97 Å². The number of methoxy groups -OCH3 is 1. The molecule has 0 aliphatic heterocycles. The van der Waals surface area contributed by atoms with Crippen LogP contribution in [0.15, 0.2) is 47.5 Å². The summed E-state index contributed by atoms with van der Waals surface area (Å²) in [4.78, 5) is 29.8. The molecule has 170 valence electrons. The second-order valence-electron chi connectivity index (χ2n) is 7.05. The molecule has 0 N–H and O–H groups in total. The van der Waals surface area contributed by atoms with E-state index in [1.807, 2.05) is 23.6 Å². The minimum Gasteiger partial charge on any atom is -0.494 e. The maximum atomic E-state index is 12.9. The Hall–Kier alpha value is -2.97. The average Bonchev–Trinajstić information content (AvgIpc) is 3.15. The number of ether oxygens (including phenoxy) is 3. The number of hydrogen-bond donors (Lipinski definition) is 0. The number of benzene rings is 2. The van der Waals surface area contributed by atoms with Crippen LogP contribution < -0.4 is 9.54 Å². The number of carbonyl (C=O) groups excluding carboxylic acids is 2. The van der Waals surface area contributed by atoms with E-state index in [1.165, 1.54) is 18.4 Å². The molecule has 0 aliphatic rings. The van der Waals surface area contributed by atoms with Gasteiger partial charge in [-0.15, -0.1) is 0 Å². The summed E-state index contributed by atoms with van der Waals surface area (Å²) in [6.45, 7) is 6.28. The van der Waals surface area contributed by atoms with Gasteiger partial charge in [-0.3, -0.25) is 4.79 Å². The topological polar surface area (TPSA) is 79.1 Å². The lowest BCUT2D eigenvalue weighted by Gasteiger charge is -2.07. The van der Waals surface area contributed by atoms with Crippen molar-refractivity contribution in [1.29, 1.82) is 0 Å². The highest BCUT2D eigenvalue weighted by molar-refractivity contribution is 7.16. The molecule has 3 rings (SSSR count). The molecule has 1 heterocycles. The Morgan fingerprint density at radius 1 is 1.06 bits per heavy atom. The fourth-order valence-corrected chi connectivity index (χ4v) is 4.22. The zero-order valence-corrected chi connectivity index (χ0v) is 19.4. The largest absolute Gasteiger partial charge is 0.494 e. The summed E-state index contributed by atoms with van der Waals surface area (Å²) in [5.41, 5.74) is 1.79. The summed E-state index contributed by atoms with van der Waals surface area (Å²) in [5, 5.41) is 0. The van der Waals surface area contributed by atoms with Crippen LogP contribution in [0.3, 0.4) is 0 Å². The van der Waals surface area contributed by atoms with Gasteiger partial charge in [-0.1, -0.05) is 30.7 Å². The second kappa shape index (κ2) is 11.6. The molecule has 32 heavy (non-hydrogen) atoms. The first kappa shape index (κ1) is 23.7. The van der Waals surface area contributed by atoms with Crippen LogP contribution in [0.2, 0.25) is 0 Å². The molecule has 3 aromatic rings. The quantitative estimate of drug-likeness (QED) is 0.333. The lowest BCUT2D eigenvalue weighted by Crippen LogP contribution is -2.19. The minimum absolute atomic E-state index is 0.351. The normalized spacial score (nSPS) is 11.7. The molecule has 0 bridgehead atoms. The van der Waals surface area contributed by atoms with E-state index in [2.05, 4.69) is 11.9 Å². The third-order valence-corrected chi connectivity index (χ3v) is 5.85. The molecule has 0 spiro atoms. The molecule has 0 radical (unpaired) electrons. The first-order valence-corrected chi connectivity index (χ1v) is 11.5. The number of amides is 1. The summed E-state index contributed by atoms with van der Waals surface area (Å²) in [7, 11) is 1.35. The molecule has 0 atom stereocenters. The molecule has 0 saturated heterocycles. The number of rotatable bonds is 10. The van der Waals surface area contributed by atoms with Gasteiger partial charge in [0, 0.05) is 18.7 Å². The molecule has 0 saturated carbocycles. The van der Waals surface area contributed by atoms with Gasteiger partial charge in [0.1, 0.15) is 5.75 Å². The van der Waals surface area contributed by atoms with Crippen molar-refractivity contribution in [3.05, 3.63) is 58.4 Å². The van der Waals surface area contributed by atoms with Crippen molar-refractivity contribution in [2.75, 3.05) is 26.9 Å². The molecule has 0 unspecified atom stereocenters. The number of thiazole rings is 1. The van der Waals surface area contributed by atoms with Crippen molar-refractivity contribution in [3.8, 4) is 5.75 Å². The van der Waals surface area contributed by atoms with Crippen LogP contribution >= 0.6 is 11.3 Å². The molecule has 8 heteroatoms. The third-order valence-electron chi connectivity index (χ3n) is 4.81. The molecule has 0 aliphatic carbocycles. The van der Waals surface area contributed by atoms with E-state index in [-0.39, 0.29) is 5.91 Å². The first-order valence-electron chi connectivity index (χ1n) is 10.7. The van der Waals surface area contributed by atoms with Crippen molar-refractivity contribution in [2.24, 2.45) is 4.99 Å². The second-order valence-corrected chi connectivity index (χ2v) is 8.06. The molecule has 0 fully saturated rings. The van der Waals surface area contributed by atoms with Crippen LogP contribution in [0.4, 0.5) is 0 Å². The SMILES string of the molecule is CCCCOc1cccc(C(=O)N=c2sc3cc(C(=O)OC)ccc3n2CCOCC)c1. The number of aromatic nitrogens is 1. The number of carbonyl (C=O) groups is 2. The van der Waals surface area contributed by atoms with E-state index in [0.717, 1.165) is 23.1 Å². The van der Waals surface area contributed by atoms with Gasteiger partial charge < -0.3 is 18.8 Å². The predicted molar refractivity (Wildman–Crippen MR) is 124 cm³/mol. The van der Waals surface area contributed by atoms with Crippen molar-refractivity contribution in [2.45, 2.75) is 33.2 Å². The lowest BCUT2D eigenvalue weighted by atomic mass is 10.2. The number of esters is 1. The maximum Gasteiger partial charge on any atom is 0.337 e. The molecule has 1 aromatic heterocycles. The predicted octanol–water partition coefficient (Wildman–Crippen LogP) is 4.45. The highest BCUT2D eigenvalue weighted by Gasteiger charge is 2.13. The fourth-order valence-electron chi connectivity index (χ4n) is 3.12. The van der Waals surface area contributed by atoms with E-state index in [9.17, 15) is 9.59 Å².